The molecule has 5 heteroatoms. The predicted molar refractivity (Wildman–Crippen MR) is 76.1 cm³/mol. The van der Waals surface area contributed by atoms with Crippen molar-refractivity contribution in [2.45, 2.75) is 51.7 Å². The highest BCUT2D eigenvalue weighted by atomic mass is 32.2. The van der Waals surface area contributed by atoms with Crippen LogP contribution in [0, 0.1) is 11.8 Å². The minimum absolute atomic E-state index is 0.358. The number of sulfonamides is 1. The quantitative estimate of drug-likeness (QED) is 0.664. The van der Waals surface area contributed by atoms with E-state index in [2.05, 4.69) is 23.9 Å². The molecule has 1 saturated carbocycles. The third-order valence-corrected chi connectivity index (χ3v) is 5.56. The molecule has 0 bridgehead atoms. The monoisotopic (exact) mass is 276 g/mol. The molecule has 0 saturated heterocycles. The summed E-state index contributed by atoms with van der Waals surface area (Å²) in [6.07, 6.45) is 4.58. The summed E-state index contributed by atoms with van der Waals surface area (Å²) in [5.74, 6) is 1.29. The first-order chi connectivity index (χ1) is 8.45. The number of hydrogen-bond acceptors (Lipinski definition) is 3. The molecular weight excluding hydrogens is 248 g/mol. The lowest BCUT2D eigenvalue weighted by atomic mass is 10.1. The van der Waals surface area contributed by atoms with Crippen LogP contribution in [0.15, 0.2) is 0 Å². The van der Waals surface area contributed by atoms with E-state index in [1.54, 1.807) is 6.92 Å². The fourth-order valence-corrected chi connectivity index (χ4v) is 3.57. The van der Waals surface area contributed by atoms with E-state index in [0.717, 1.165) is 31.7 Å². The van der Waals surface area contributed by atoms with E-state index in [-0.39, 0.29) is 5.25 Å². The van der Waals surface area contributed by atoms with Gasteiger partial charge >= 0.3 is 0 Å². The molecular formula is C13H28N2O2S. The molecule has 3 unspecified atom stereocenters. The first-order valence-corrected chi connectivity index (χ1v) is 8.69. The van der Waals surface area contributed by atoms with Crippen LogP contribution in [0.2, 0.25) is 0 Å². The van der Waals surface area contributed by atoms with Crippen molar-refractivity contribution in [1.29, 1.82) is 0 Å². The van der Waals surface area contributed by atoms with Gasteiger partial charge in [-0.3, -0.25) is 0 Å². The largest absolute Gasteiger partial charge is 0.315 e. The first kappa shape index (κ1) is 15.9. The molecule has 18 heavy (non-hydrogen) atoms. The van der Waals surface area contributed by atoms with E-state index in [4.69, 9.17) is 0 Å². The van der Waals surface area contributed by atoms with Crippen molar-refractivity contribution in [2.75, 3.05) is 19.6 Å². The van der Waals surface area contributed by atoms with E-state index < -0.39 is 10.0 Å². The Labute approximate surface area is 112 Å². The Morgan fingerprint density at radius 3 is 2.61 bits per heavy atom. The zero-order valence-corrected chi connectivity index (χ0v) is 12.7. The minimum Gasteiger partial charge on any atom is -0.315 e. The lowest BCUT2D eigenvalue weighted by Gasteiger charge is -2.16. The van der Waals surface area contributed by atoms with Gasteiger partial charge in [-0.2, -0.15) is 0 Å². The van der Waals surface area contributed by atoms with E-state index >= 15 is 0 Å². The molecule has 3 atom stereocenters. The van der Waals surface area contributed by atoms with Crippen molar-refractivity contribution in [1.82, 2.24) is 10.0 Å². The molecule has 0 heterocycles. The van der Waals surface area contributed by atoms with Gasteiger partial charge in [-0.15, -0.1) is 0 Å². The number of nitrogens with one attached hydrogen (secondary N) is 2. The molecule has 1 rings (SSSR count). The second kappa shape index (κ2) is 7.46. The van der Waals surface area contributed by atoms with E-state index in [1.165, 1.54) is 6.42 Å². The molecule has 4 nitrogen and oxygen atoms in total. The van der Waals surface area contributed by atoms with E-state index in [1.807, 2.05) is 0 Å². The van der Waals surface area contributed by atoms with Crippen molar-refractivity contribution in [3.05, 3.63) is 0 Å². The zero-order valence-electron chi connectivity index (χ0n) is 11.9. The maximum atomic E-state index is 12.0. The van der Waals surface area contributed by atoms with Crippen LogP contribution in [0.1, 0.15) is 46.5 Å². The summed E-state index contributed by atoms with van der Waals surface area (Å²) in [7, 11) is -3.16. The van der Waals surface area contributed by atoms with Gasteiger partial charge in [0.2, 0.25) is 10.0 Å². The van der Waals surface area contributed by atoms with Crippen LogP contribution in [0.4, 0.5) is 0 Å². The molecule has 0 aromatic rings. The maximum Gasteiger partial charge on any atom is 0.215 e. The van der Waals surface area contributed by atoms with Gasteiger partial charge in [0.05, 0.1) is 5.25 Å². The van der Waals surface area contributed by atoms with Gasteiger partial charge < -0.3 is 5.32 Å². The number of hydrogen-bond donors (Lipinski definition) is 2. The van der Waals surface area contributed by atoms with E-state index in [9.17, 15) is 8.42 Å². The standard InChI is InChI=1S/C13H28N2O2S/c1-4-7-14-9-12(3)18(16,17)15-10-13-6-5-11(2)8-13/h11-15H,4-10H2,1-3H3. The van der Waals surface area contributed by atoms with Gasteiger partial charge in [0.1, 0.15) is 0 Å². The van der Waals surface area contributed by atoms with Crippen molar-refractivity contribution >= 4 is 10.0 Å². The van der Waals surface area contributed by atoms with Crippen LogP contribution >= 0.6 is 0 Å². The van der Waals surface area contributed by atoms with Crippen molar-refractivity contribution in [3.63, 3.8) is 0 Å². The SMILES string of the molecule is CCCNCC(C)S(=O)(=O)NCC1CCC(C)C1. The Hall–Kier alpha value is -0.130. The summed E-state index contributed by atoms with van der Waals surface area (Å²) in [6, 6.07) is 0. The molecule has 2 N–H and O–H groups in total. The van der Waals surface area contributed by atoms with Gasteiger partial charge in [0.25, 0.3) is 0 Å². The fraction of sp³-hybridized carbons (Fsp3) is 1.00. The molecule has 0 aromatic carbocycles. The molecule has 0 radical (unpaired) electrons. The topological polar surface area (TPSA) is 58.2 Å². The van der Waals surface area contributed by atoms with E-state index in [0.29, 0.717) is 19.0 Å². The average molecular weight is 276 g/mol. The molecule has 0 aromatic heterocycles. The Kier molecular flexibility index (Phi) is 6.60. The van der Waals surface area contributed by atoms with Crippen molar-refractivity contribution in [2.24, 2.45) is 11.8 Å². The third-order valence-electron chi connectivity index (χ3n) is 3.76. The van der Waals surface area contributed by atoms with Crippen molar-refractivity contribution < 1.29 is 8.42 Å². The van der Waals surface area contributed by atoms with Crippen LogP contribution in [-0.4, -0.2) is 33.3 Å². The van der Waals surface area contributed by atoms with Gasteiger partial charge in [-0.1, -0.05) is 20.3 Å². The second-order valence-corrected chi connectivity index (χ2v) is 7.88. The summed E-state index contributed by atoms with van der Waals surface area (Å²) in [5, 5.41) is 2.80. The highest BCUT2D eigenvalue weighted by molar-refractivity contribution is 7.90. The lowest BCUT2D eigenvalue weighted by molar-refractivity contribution is 0.493. The third kappa shape index (κ3) is 5.24. The molecule has 1 aliphatic rings. The normalized spacial score (nSPS) is 26.4. The van der Waals surface area contributed by atoms with Gasteiger partial charge in [0.15, 0.2) is 0 Å². The maximum absolute atomic E-state index is 12.0. The fourth-order valence-electron chi connectivity index (χ4n) is 2.48. The van der Waals surface area contributed by atoms with Crippen molar-refractivity contribution in [3.8, 4) is 0 Å². The minimum atomic E-state index is -3.16. The average Bonchev–Trinajstić information content (AvgIpc) is 2.73. The molecule has 1 aliphatic carbocycles. The zero-order chi connectivity index (χ0) is 13.6. The Morgan fingerprint density at radius 1 is 1.33 bits per heavy atom. The lowest BCUT2D eigenvalue weighted by Crippen LogP contribution is -2.40. The second-order valence-electron chi connectivity index (χ2n) is 5.69. The number of rotatable bonds is 8. The Morgan fingerprint density at radius 2 is 2.06 bits per heavy atom. The molecule has 0 aliphatic heterocycles. The van der Waals surface area contributed by atoms with Gasteiger partial charge in [0, 0.05) is 13.1 Å². The highest BCUT2D eigenvalue weighted by Crippen LogP contribution is 2.29. The Bertz CT molecular complexity index is 330. The first-order valence-electron chi connectivity index (χ1n) is 7.15. The smallest absolute Gasteiger partial charge is 0.215 e. The van der Waals surface area contributed by atoms with Crippen LogP contribution < -0.4 is 10.0 Å². The molecule has 108 valence electrons. The Balaban J connectivity index is 2.30. The van der Waals surface area contributed by atoms with Gasteiger partial charge in [-0.05, 0) is 44.6 Å². The molecule has 0 amide bonds. The van der Waals surface area contributed by atoms with Crippen LogP contribution in [0.3, 0.4) is 0 Å². The molecule has 1 fully saturated rings. The summed E-state index contributed by atoms with van der Waals surface area (Å²) in [5.41, 5.74) is 0. The summed E-state index contributed by atoms with van der Waals surface area (Å²) in [6.45, 7) is 8.11. The summed E-state index contributed by atoms with van der Waals surface area (Å²) < 4.78 is 26.8. The van der Waals surface area contributed by atoms with Crippen LogP contribution in [0.5, 0.6) is 0 Å². The van der Waals surface area contributed by atoms with Crippen LogP contribution in [0.25, 0.3) is 0 Å². The summed E-state index contributed by atoms with van der Waals surface area (Å²) in [4.78, 5) is 0. The predicted octanol–water partition coefficient (Wildman–Crippen LogP) is 1.73. The van der Waals surface area contributed by atoms with Crippen LogP contribution in [-0.2, 0) is 10.0 Å². The summed E-state index contributed by atoms with van der Waals surface area (Å²) >= 11 is 0. The molecule has 0 spiro atoms. The van der Waals surface area contributed by atoms with Gasteiger partial charge in [-0.25, -0.2) is 13.1 Å². The highest BCUT2D eigenvalue weighted by Gasteiger charge is 2.25.